The lowest BCUT2D eigenvalue weighted by Crippen LogP contribution is -2.24. The molecule has 0 saturated carbocycles. The van der Waals surface area contributed by atoms with Gasteiger partial charge in [-0.05, 0) is 17.7 Å². The molecule has 0 spiro atoms. The van der Waals surface area contributed by atoms with Crippen LogP contribution in [0.2, 0.25) is 0 Å². The second kappa shape index (κ2) is 6.09. The van der Waals surface area contributed by atoms with Crippen LogP contribution in [0.15, 0.2) is 64.0 Å². The molecule has 22 heavy (non-hydrogen) atoms. The maximum atomic E-state index is 11.8. The summed E-state index contributed by atoms with van der Waals surface area (Å²) in [6.07, 6.45) is 0.191. The molecular weight excluding hydrogens is 280 g/mol. The van der Waals surface area contributed by atoms with Crippen molar-refractivity contribution in [2.45, 2.75) is 6.42 Å². The van der Waals surface area contributed by atoms with E-state index in [1.54, 1.807) is 6.07 Å². The van der Waals surface area contributed by atoms with Gasteiger partial charge in [0.15, 0.2) is 5.58 Å². The highest BCUT2D eigenvalue weighted by molar-refractivity contribution is 5.99. The van der Waals surface area contributed by atoms with Crippen molar-refractivity contribution in [3.05, 3.63) is 60.2 Å². The molecule has 0 aliphatic heterocycles. The summed E-state index contributed by atoms with van der Waals surface area (Å²) >= 11 is 0. The number of nitrogens with one attached hydrogen (secondary N) is 1. The smallest absolute Gasteiger partial charge is 0.302 e. The number of nitrogens with two attached hydrogens (primary N) is 1. The predicted molar refractivity (Wildman–Crippen MR) is 84.4 cm³/mol. The van der Waals surface area contributed by atoms with Gasteiger partial charge in [-0.3, -0.25) is 10.1 Å². The number of aliphatic imine (C=N–C) groups is 1. The summed E-state index contributed by atoms with van der Waals surface area (Å²) in [6, 6.07) is 16.9. The zero-order valence-electron chi connectivity index (χ0n) is 11.7. The summed E-state index contributed by atoms with van der Waals surface area (Å²) in [6.45, 7) is 0. The van der Waals surface area contributed by atoms with Crippen LogP contribution in [0.4, 0.5) is 6.01 Å². The number of para-hydroxylation sites is 2. The number of hydrogen-bond donors (Lipinski definition) is 2. The molecule has 1 heterocycles. The Hall–Kier alpha value is -3.15. The number of oxazole rings is 1. The Bertz CT molecular complexity index is 791. The molecule has 0 aliphatic rings. The van der Waals surface area contributed by atoms with Crippen molar-refractivity contribution >= 4 is 29.0 Å². The highest BCUT2D eigenvalue weighted by atomic mass is 16.4. The lowest BCUT2D eigenvalue weighted by Gasteiger charge is -2.00. The number of amides is 1. The molecule has 110 valence electrons. The molecule has 2 aromatic carbocycles. The van der Waals surface area contributed by atoms with Crippen molar-refractivity contribution in [1.82, 2.24) is 4.98 Å². The number of fused-ring (bicyclic) bond motifs is 1. The van der Waals surface area contributed by atoms with E-state index in [1.165, 1.54) is 0 Å². The molecule has 0 radical (unpaired) electrons. The highest BCUT2D eigenvalue weighted by Gasteiger charge is 2.07. The molecule has 3 aromatic rings. The Balaban J connectivity index is 1.67. The molecule has 3 N–H and O–H groups in total. The summed E-state index contributed by atoms with van der Waals surface area (Å²) in [4.78, 5) is 19.8. The summed E-state index contributed by atoms with van der Waals surface area (Å²) in [5.74, 6) is -0.389. The molecule has 6 nitrogen and oxygen atoms in total. The van der Waals surface area contributed by atoms with Crippen molar-refractivity contribution in [2.75, 3.05) is 5.32 Å². The Labute approximate surface area is 126 Å². The summed E-state index contributed by atoms with van der Waals surface area (Å²) in [5.41, 5.74) is 7.92. The first-order valence-corrected chi connectivity index (χ1v) is 6.74. The van der Waals surface area contributed by atoms with Crippen LogP contribution in [0.25, 0.3) is 11.1 Å². The van der Waals surface area contributed by atoms with Gasteiger partial charge in [-0.15, -0.1) is 0 Å². The van der Waals surface area contributed by atoms with Crippen LogP contribution in [0.1, 0.15) is 5.56 Å². The van der Waals surface area contributed by atoms with Crippen LogP contribution >= 0.6 is 0 Å². The zero-order valence-corrected chi connectivity index (χ0v) is 11.7. The van der Waals surface area contributed by atoms with E-state index in [0.29, 0.717) is 11.1 Å². The predicted octanol–water partition coefficient (Wildman–Crippen LogP) is 2.32. The minimum atomic E-state index is -0.340. The van der Waals surface area contributed by atoms with Gasteiger partial charge in [-0.25, -0.2) is 0 Å². The van der Waals surface area contributed by atoms with Crippen LogP contribution in [-0.2, 0) is 11.2 Å². The minimum Gasteiger partial charge on any atom is -0.423 e. The number of carbonyl (C=O) groups is 1. The second-order valence-electron chi connectivity index (χ2n) is 4.66. The van der Waals surface area contributed by atoms with E-state index in [2.05, 4.69) is 15.3 Å². The Kier molecular flexibility index (Phi) is 3.82. The lowest BCUT2D eigenvalue weighted by atomic mass is 10.1. The fourth-order valence-corrected chi connectivity index (χ4v) is 2.01. The zero-order chi connectivity index (χ0) is 15.4. The van der Waals surface area contributed by atoms with Crippen LogP contribution in [0, 0.1) is 0 Å². The average molecular weight is 294 g/mol. The third kappa shape index (κ3) is 3.29. The van der Waals surface area contributed by atoms with Gasteiger partial charge in [-0.1, -0.05) is 42.5 Å². The molecular formula is C16H14N4O2. The molecule has 1 amide bonds. The van der Waals surface area contributed by atoms with E-state index in [1.807, 2.05) is 48.5 Å². The van der Waals surface area contributed by atoms with Gasteiger partial charge in [0.1, 0.15) is 5.52 Å². The third-order valence-corrected chi connectivity index (χ3v) is 2.97. The first-order chi connectivity index (χ1) is 10.7. The summed E-state index contributed by atoms with van der Waals surface area (Å²) in [7, 11) is 0. The third-order valence-electron chi connectivity index (χ3n) is 2.97. The number of anilines is 1. The SMILES string of the molecule is N/C(=N/C(=O)Cc1ccccc1)Nc1nc2ccccc2o1. The largest absolute Gasteiger partial charge is 0.423 e. The molecule has 0 saturated heterocycles. The van der Waals surface area contributed by atoms with Gasteiger partial charge >= 0.3 is 6.01 Å². The van der Waals surface area contributed by atoms with Crippen LogP contribution < -0.4 is 11.1 Å². The summed E-state index contributed by atoms with van der Waals surface area (Å²) in [5, 5.41) is 2.68. The van der Waals surface area contributed by atoms with Gasteiger partial charge in [0, 0.05) is 0 Å². The number of benzene rings is 2. The highest BCUT2D eigenvalue weighted by Crippen LogP contribution is 2.17. The van der Waals surface area contributed by atoms with E-state index in [9.17, 15) is 4.79 Å². The Morgan fingerprint density at radius 1 is 1.14 bits per heavy atom. The molecule has 0 bridgehead atoms. The fraction of sp³-hybridized carbons (Fsp3) is 0.0625. The Morgan fingerprint density at radius 2 is 1.86 bits per heavy atom. The molecule has 0 fully saturated rings. The van der Waals surface area contributed by atoms with Crippen LogP contribution in [0.3, 0.4) is 0 Å². The second-order valence-corrected chi connectivity index (χ2v) is 4.66. The molecule has 1 aromatic heterocycles. The molecule has 6 heteroatoms. The maximum absolute atomic E-state index is 11.8. The topological polar surface area (TPSA) is 93.5 Å². The number of guanidine groups is 1. The van der Waals surface area contributed by atoms with Crippen molar-refractivity contribution in [3.63, 3.8) is 0 Å². The fourth-order valence-electron chi connectivity index (χ4n) is 2.01. The van der Waals surface area contributed by atoms with Gasteiger partial charge in [-0.2, -0.15) is 9.98 Å². The van der Waals surface area contributed by atoms with Gasteiger partial charge < -0.3 is 10.2 Å². The molecule has 0 unspecified atom stereocenters. The lowest BCUT2D eigenvalue weighted by molar-refractivity contribution is -0.117. The monoisotopic (exact) mass is 294 g/mol. The van der Waals surface area contributed by atoms with Gasteiger partial charge in [0.25, 0.3) is 5.91 Å². The minimum absolute atomic E-state index is 0.0486. The van der Waals surface area contributed by atoms with Crippen molar-refractivity contribution < 1.29 is 9.21 Å². The van der Waals surface area contributed by atoms with Crippen molar-refractivity contribution in [1.29, 1.82) is 0 Å². The first kappa shape index (κ1) is 13.8. The number of hydrogen-bond acceptors (Lipinski definition) is 3. The van der Waals surface area contributed by atoms with E-state index < -0.39 is 0 Å². The van der Waals surface area contributed by atoms with E-state index in [4.69, 9.17) is 10.2 Å². The maximum Gasteiger partial charge on any atom is 0.302 e. The van der Waals surface area contributed by atoms with Crippen LogP contribution in [0.5, 0.6) is 0 Å². The van der Waals surface area contributed by atoms with Gasteiger partial charge in [0.2, 0.25) is 5.96 Å². The quantitative estimate of drug-likeness (QED) is 0.571. The molecule has 0 atom stereocenters. The molecule has 3 rings (SSSR count). The summed E-state index contributed by atoms with van der Waals surface area (Å²) < 4.78 is 5.44. The normalized spacial score (nSPS) is 11.5. The number of nitrogens with zero attached hydrogens (tertiary/aromatic N) is 2. The van der Waals surface area contributed by atoms with Crippen molar-refractivity contribution in [2.24, 2.45) is 10.7 Å². The van der Waals surface area contributed by atoms with Crippen molar-refractivity contribution in [3.8, 4) is 0 Å². The molecule has 0 aliphatic carbocycles. The number of carbonyl (C=O) groups excluding carboxylic acids is 1. The Morgan fingerprint density at radius 3 is 2.64 bits per heavy atom. The van der Waals surface area contributed by atoms with E-state index in [0.717, 1.165) is 5.56 Å². The van der Waals surface area contributed by atoms with Gasteiger partial charge in [0.05, 0.1) is 6.42 Å². The standard InChI is InChI=1S/C16H14N4O2/c17-15(19-14(21)10-11-6-2-1-3-7-11)20-16-18-12-8-4-5-9-13(12)22-16/h1-9H,10H2,(H3,17,18,19,20,21). The van der Waals surface area contributed by atoms with E-state index in [-0.39, 0.29) is 24.3 Å². The first-order valence-electron chi connectivity index (χ1n) is 6.74. The number of rotatable bonds is 3. The van der Waals surface area contributed by atoms with E-state index >= 15 is 0 Å². The average Bonchev–Trinajstić information content (AvgIpc) is 2.89. The number of aromatic nitrogens is 1. The van der Waals surface area contributed by atoms with Crippen LogP contribution in [-0.4, -0.2) is 16.9 Å².